The molecule has 1 unspecified atom stereocenters. The lowest BCUT2D eigenvalue weighted by atomic mass is 10.1. The Morgan fingerprint density at radius 2 is 2.15 bits per heavy atom. The van der Waals surface area contributed by atoms with Crippen LogP contribution in [0.25, 0.3) is 0 Å². The third kappa shape index (κ3) is 4.68. The molecule has 0 spiro atoms. The van der Waals surface area contributed by atoms with E-state index in [0.29, 0.717) is 35.5 Å². The molecule has 8 heteroatoms. The van der Waals surface area contributed by atoms with Gasteiger partial charge >= 0.3 is 6.18 Å². The minimum atomic E-state index is -4.14. The van der Waals surface area contributed by atoms with Gasteiger partial charge in [-0.25, -0.2) is 4.98 Å². The second-order valence-electron chi connectivity index (χ2n) is 4.87. The quantitative estimate of drug-likeness (QED) is 0.914. The van der Waals surface area contributed by atoms with Crippen molar-refractivity contribution in [1.82, 2.24) is 9.88 Å². The van der Waals surface area contributed by atoms with Gasteiger partial charge in [0.25, 0.3) is 0 Å². The van der Waals surface area contributed by atoms with Crippen LogP contribution in [0.1, 0.15) is 6.42 Å². The summed E-state index contributed by atoms with van der Waals surface area (Å²) in [4.78, 5) is 5.47. The minimum absolute atomic E-state index is 0.158. The normalized spacial score (nSPS) is 20.4. The Kier molecular flexibility index (Phi) is 4.99. The number of pyridine rings is 1. The van der Waals surface area contributed by atoms with Crippen LogP contribution in [-0.2, 0) is 0 Å². The Hall–Kier alpha value is -0.720. The number of anilines is 1. The van der Waals surface area contributed by atoms with Gasteiger partial charge in [-0.1, -0.05) is 23.2 Å². The zero-order valence-electron chi connectivity index (χ0n) is 10.6. The Bertz CT molecular complexity index is 468. The maximum absolute atomic E-state index is 12.3. The van der Waals surface area contributed by atoms with Crippen molar-refractivity contribution >= 4 is 29.0 Å². The molecular formula is C12H14Cl2F3N3. The van der Waals surface area contributed by atoms with E-state index in [-0.39, 0.29) is 5.92 Å². The van der Waals surface area contributed by atoms with Gasteiger partial charge in [0.05, 0.1) is 16.6 Å². The fourth-order valence-corrected chi connectivity index (χ4v) is 2.71. The van der Waals surface area contributed by atoms with Crippen LogP contribution < -0.4 is 5.32 Å². The summed E-state index contributed by atoms with van der Waals surface area (Å²) in [6.45, 7) is 0.595. The van der Waals surface area contributed by atoms with Gasteiger partial charge in [-0.3, -0.25) is 4.90 Å². The summed E-state index contributed by atoms with van der Waals surface area (Å²) < 4.78 is 36.8. The summed E-state index contributed by atoms with van der Waals surface area (Å²) in [5.41, 5.74) is 0. The Morgan fingerprint density at radius 1 is 1.40 bits per heavy atom. The first-order valence-electron chi connectivity index (χ1n) is 6.17. The van der Waals surface area contributed by atoms with Gasteiger partial charge in [0, 0.05) is 19.3 Å². The monoisotopic (exact) mass is 327 g/mol. The van der Waals surface area contributed by atoms with E-state index in [2.05, 4.69) is 10.3 Å². The van der Waals surface area contributed by atoms with E-state index in [4.69, 9.17) is 23.2 Å². The number of hydrogen-bond acceptors (Lipinski definition) is 3. The molecular weight excluding hydrogens is 314 g/mol. The van der Waals surface area contributed by atoms with Crippen LogP contribution in [0.3, 0.4) is 0 Å². The van der Waals surface area contributed by atoms with E-state index < -0.39 is 12.7 Å². The van der Waals surface area contributed by atoms with Crippen LogP contribution in [0.5, 0.6) is 0 Å². The lowest BCUT2D eigenvalue weighted by molar-refractivity contribution is -0.143. The van der Waals surface area contributed by atoms with Crippen LogP contribution in [0.2, 0.25) is 10.0 Å². The summed E-state index contributed by atoms with van der Waals surface area (Å²) in [5, 5.41) is 3.90. The summed E-state index contributed by atoms with van der Waals surface area (Å²) >= 11 is 11.7. The molecule has 1 aliphatic heterocycles. The molecule has 1 saturated heterocycles. The van der Waals surface area contributed by atoms with Crippen LogP contribution in [0, 0.1) is 5.92 Å². The van der Waals surface area contributed by atoms with E-state index >= 15 is 0 Å². The first-order valence-corrected chi connectivity index (χ1v) is 6.93. The van der Waals surface area contributed by atoms with Crippen molar-refractivity contribution in [3.05, 3.63) is 22.3 Å². The molecule has 0 aromatic carbocycles. The fourth-order valence-electron chi connectivity index (χ4n) is 2.26. The van der Waals surface area contributed by atoms with Gasteiger partial charge in [-0.05, 0) is 24.9 Å². The summed E-state index contributed by atoms with van der Waals surface area (Å²) in [7, 11) is 0. The van der Waals surface area contributed by atoms with Crippen molar-refractivity contribution in [3.8, 4) is 0 Å². The number of nitrogens with one attached hydrogen (secondary N) is 1. The highest BCUT2D eigenvalue weighted by Gasteiger charge is 2.34. The fraction of sp³-hybridized carbons (Fsp3) is 0.583. The first-order chi connectivity index (χ1) is 9.33. The molecule has 0 radical (unpaired) electrons. The van der Waals surface area contributed by atoms with Gasteiger partial charge in [0.15, 0.2) is 0 Å². The molecule has 20 heavy (non-hydrogen) atoms. The summed E-state index contributed by atoms with van der Waals surface area (Å²) in [6, 6.07) is 1.57. The van der Waals surface area contributed by atoms with E-state index in [1.54, 1.807) is 6.07 Å². The highest BCUT2D eigenvalue weighted by Crippen LogP contribution is 2.25. The van der Waals surface area contributed by atoms with Crippen molar-refractivity contribution < 1.29 is 13.2 Å². The van der Waals surface area contributed by atoms with Crippen LogP contribution in [0.4, 0.5) is 19.0 Å². The topological polar surface area (TPSA) is 28.2 Å². The van der Waals surface area contributed by atoms with Crippen molar-refractivity contribution in [2.75, 3.05) is 31.5 Å². The maximum Gasteiger partial charge on any atom is 0.401 e. The van der Waals surface area contributed by atoms with Crippen molar-refractivity contribution in [2.45, 2.75) is 12.6 Å². The predicted molar refractivity (Wildman–Crippen MR) is 73.3 cm³/mol. The number of halogens is 5. The highest BCUT2D eigenvalue weighted by molar-refractivity contribution is 6.35. The Balaban J connectivity index is 1.81. The average Bonchev–Trinajstić information content (AvgIpc) is 2.73. The molecule has 1 aliphatic rings. The molecule has 3 nitrogen and oxygen atoms in total. The third-order valence-corrected chi connectivity index (χ3v) is 3.63. The van der Waals surface area contributed by atoms with Crippen molar-refractivity contribution in [1.29, 1.82) is 0 Å². The number of aromatic nitrogens is 1. The second kappa shape index (κ2) is 6.37. The van der Waals surface area contributed by atoms with Crippen LogP contribution in [0.15, 0.2) is 12.3 Å². The first kappa shape index (κ1) is 15.7. The molecule has 1 aromatic rings. The molecule has 0 amide bonds. The lowest BCUT2D eigenvalue weighted by Crippen LogP contribution is -2.33. The van der Waals surface area contributed by atoms with E-state index in [1.807, 2.05) is 0 Å². The molecule has 112 valence electrons. The minimum Gasteiger partial charge on any atom is -0.369 e. The number of alkyl halides is 3. The predicted octanol–water partition coefficient (Wildman–Crippen LogP) is 3.68. The number of nitrogens with zero attached hydrogens (tertiary/aromatic N) is 2. The van der Waals surface area contributed by atoms with Crippen LogP contribution in [-0.4, -0.2) is 42.2 Å². The number of hydrogen-bond donors (Lipinski definition) is 1. The smallest absolute Gasteiger partial charge is 0.369 e. The van der Waals surface area contributed by atoms with Gasteiger partial charge < -0.3 is 5.32 Å². The zero-order valence-corrected chi connectivity index (χ0v) is 12.1. The van der Waals surface area contributed by atoms with Gasteiger partial charge in [-0.15, -0.1) is 0 Å². The standard InChI is InChI=1S/C12H14Cl2F3N3/c13-9-3-10(14)11(19-5-9)18-4-8-1-2-20(6-8)7-12(15,16)17/h3,5,8H,1-2,4,6-7H2,(H,18,19). The zero-order chi connectivity index (χ0) is 14.8. The molecule has 0 bridgehead atoms. The highest BCUT2D eigenvalue weighted by atomic mass is 35.5. The van der Waals surface area contributed by atoms with E-state index in [0.717, 1.165) is 6.42 Å². The molecule has 1 atom stereocenters. The SMILES string of the molecule is FC(F)(F)CN1CCC(CNc2ncc(Cl)cc2Cl)C1. The lowest BCUT2D eigenvalue weighted by Gasteiger charge is -2.18. The largest absolute Gasteiger partial charge is 0.401 e. The Labute approximate surface area is 125 Å². The number of likely N-dealkylation sites (tertiary alicyclic amines) is 1. The molecule has 1 fully saturated rings. The molecule has 2 rings (SSSR count). The summed E-state index contributed by atoms with van der Waals surface area (Å²) in [5.74, 6) is 0.663. The molecule has 0 aliphatic carbocycles. The van der Waals surface area contributed by atoms with Crippen molar-refractivity contribution in [3.63, 3.8) is 0 Å². The molecule has 1 aromatic heterocycles. The van der Waals surface area contributed by atoms with Gasteiger partial charge in [0.1, 0.15) is 5.82 Å². The van der Waals surface area contributed by atoms with Gasteiger partial charge in [-0.2, -0.15) is 13.2 Å². The average molecular weight is 328 g/mol. The van der Waals surface area contributed by atoms with Crippen LogP contribution >= 0.6 is 23.2 Å². The Morgan fingerprint density at radius 3 is 2.80 bits per heavy atom. The van der Waals surface area contributed by atoms with E-state index in [9.17, 15) is 13.2 Å². The molecule has 1 N–H and O–H groups in total. The van der Waals surface area contributed by atoms with Crippen molar-refractivity contribution in [2.24, 2.45) is 5.92 Å². The summed E-state index contributed by atoms with van der Waals surface area (Å²) in [6.07, 6.45) is -1.93. The second-order valence-corrected chi connectivity index (χ2v) is 5.71. The van der Waals surface area contributed by atoms with Gasteiger partial charge in [0.2, 0.25) is 0 Å². The van der Waals surface area contributed by atoms with E-state index in [1.165, 1.54) is 11.1 Å². The molecule has 0 saturated carbocycles. The third-order valence-electron chi connectivity index (χ3n) is 3.14. The number of rotatable bonds is 4. The maximum atomic E-state index is 12.3. The molecule has 2 heterocycles.